The molecule has 1 aromatic heterocycles. The molecule has 0 amide bonds. The largest absolute Gasteiger partial charge is 0.356 e. The Bertz CT molecular complexity index is 703. The normalized spacial score (nSPS) is 13.3. The lowest BCUT2D eigenvalue weighted by molar-refractivity contribution is 0.664. The molecule has 9 heteroatoms. The molecule has 0 atom stereocenters. The van der Waals surface area contributed by atoms with E-state index in [1.807, 2.05) is 24.3 Å². The summed E-state index contributed by atoms with van der Waals surface area (Å²) in [5, 5.41) is 15.8. The van der Waals surface area contributed by atoms with Gasteiger partial charge in [0, 0.05) is 42.2 Å². The van der Waals surface area contributed by atoms with E-state index < -0.39 is 0 Å². The van der Waals surface area contributed by atoms with Gasteiger partial charge in [0.05, 0.1) is 6.54 Å². The number of hydrogen-bond acceptors (Lipinski definition) is 4. The molecule has 2 aromatic rings. The van der Waals surface area contributed by atoms with Crippen molar-refractivity contribution in [3.8, 4) is 0 Å². The van der Waals surface area contributed by atoms with Crippen molar-refractivity contribution in [2.75, 3.05) is 19.3 Å². The second kappa shape index (κ2) is 10.2. The van der Waals surface area contributed by atoms with E-state index in [2.05, 4.69) is 30.4 Å². The Morgan fingerprint density at radius 1 is 1.28 bits per heavy atom. The van der Waals surface area contributed by atoms with Crippen molar-refractivity contribution in [3.63, 3.8) is 0 Å². The van der Waals surface area contributed by atoms with Crippen molar-refractivity contribution in [2.45, 2.75) is 30.8 Å². The molecular weight excluding hydrogens is 471 g/mol. The maximum Gasteiger partial charge on any atom is 0.191 e. The number of fused-ring (bicyclic) bond motifs is 1. The highest BCUT2D eigenvalue weighted by atomic mass is 127. The van der Waals surface area contributed by atoms with E-state index in [4.69, 9.17) is 11.6 Å². The van der Waals surface area contributed by atoms with Crippen LogP contribution >= 0.6 is 47.3 Å². The molecule has 0 spiro atoms. The van der Waals surface area contributed by atoms with Crippen LogP contribution in [0.3, 0.4) is 0 Å². The Balaban J connectivity index is 0.00000225. The van der Waals surface area contributed by atoms with E-state index >= 15 is 0 Å². The fraction of sp³-hybridized carbons (Fsp3) is 0.438. The number of halogens is 2. The monoisotopic (exact) mass is 492 g/mol. The maximum absolute atomic E-state index is 5.89. The molecule has 2 heterocycles. The van der Waals surface area contributed by atoms with Crippen LogP contribution in [0.5, 0.6) is 0 Å². The van der Waals surface area contributed by atoms with Crippen LogP contribution < -0.4 is 10.6 Å². The summed E-state index contributed by atoms with van der Waals surface area (Å²) in [6.45, 7) is 2.48. The van der Waals surface area contributed by atoms with Gasteiger partial charge in [0.25, 0.3) is 0 Å². The Kier molecular flexibility index (Phi) is 8.31. The average Bonchev–Trinajstić information content (AvgIpc) is 3.20. The van der Waals surface area contributed by atoms with Gasteiger partial charge in [0.2, 0.25) is 0 Å². The number of nitrogens with zero attached hydrogens (tertiary/aromatic N) is 4. The molecular formula is C16H22ClIN6S. The van der Waals surface area contributed by atoms with Crippen molar-refractivity contribution >= 4 is 53.3 Å². The first-order valence-electron chi connectivity index (χ1n) is 8.00. The summed E-state index contributed by atoms with van der Waals surface area (Å²) < 4.78 is 2.19. The lowest BCUT2D eigenvalue weighted by Gasteiger charge is -2.11. The zero-order chi connectivity index (χ0) is 16.8. The SMILES string of the molecule is CN=C(NCCSc1ccc(Cl)cc1)NCc1nnc2n1CCC2.I. The van der Waals surface area contributed by atoms with Crippen LogP contribution in [0, 0.1) is 0 Å². The Morgan fingerprint density at radius 2 is 2.08 bits per heavy atom. The number of aliphatic imine (C=N–C) groups is 1. The molecule has 136 valence electrons. The summed E-state index contributed by atoms with van der Waals surface area (Å²) in [5.41, 5.74) is 0. The summed E-state index contributed by atoms with van der Waals surface area (Å²) in [6.07, 6.45) is 2.19. The minimum atomic E-state index is 0. The summed E-state index contributed by atoms with van der Waals surface area (Å²) in [6, 6.07) is 7.89. The van der Waals surface area contributed by atoms with Crippen molar-refractivity contribution in [3.05, 3.63) is 40.9 Å². The molecule has 3 rings (SSSR count). The number of thioether (sulfide) groups is 1. The van der Waals surface area contributed by atoms with Crippen LogP contribution in [0.15, 0.2) is 34.2 Å². The van der Waals surface area contributed by atoms with Crippen LogP contribution in [0.25, 0.3) is 0 Å². The highest BCUT2D eigenvalue weighted by Crippen LogP contribution is 2.19. The molecule has 2 N–H and O–H groups in total. The summed E-state index contributed by atoms with van der Waals surface area (Å²) in [7, 11) is 1.77. The van der Waals surface area contributed by atoms with Gasteiger partial charge in [-0.15, -0.1) is 45.9 Å². The highest BCUT2D eigenvalue weighted by molar-refractivity contribution is 14.0. The van der Waals surface area contributed by atoms with Crippen LogP contribution in [-0.2, 0) is 19.5 Å². The van der Waals surface area contributed by atoms with E-state index in [1.54, 1.807) is 18.8 Å². The fourth-order valence-corrected chi connectivity index (χ4v) is 3.49. The van der Waals surface area contributed by atoms with Crippen molar-refractivity contribution in [1.29, 1.82) is 0 Å². The van der Waals surface area contributed by atoms with Crippen LogP contribution in [0.2, 0.25) is 5.02 Å². The van der Waals surface area contributed by atoms with E-state index in [-0.39, 0.29) is 24.0 Å². The summed E-state index contributed by atoms with van der Waals surface area (Å²) in [5.74, 6) is 3.79. The van der Waals surface area contributed by atoms with Gasteiger partial charge in [-0.05, 0) is 30.7 Å². The number of benzene rings is 1. The Labute approximate surface area is 174 Å². The summed E-state index contributed by atoms with van der Waals surface area (Å²) >= 11 is 7.67. The zero-order valence-corrected chi connectivity index (χ0v) is 17.9. The Hall–Kier alpha value is -1.000. The van der Waals surface area contributed by atoms with Crippen molar-refractivity contribution in [1.82, 2.24) is 25.4 Å². The predicted octanol–water partition coefficient (Wildman–Crippen LogP) is 2.95. The second-order valence-corrected chi connectivity index (χ2v) is 7.05. The smallest absolute Gasteiger partial charge is 0.191 e. The number of aromatic nitrogens is 3. The molecule has 1 aliphatic rings. The van der Waals surface area contributed by atoms with Crippen molar-refractivity contribution < 1.29 is 0 Å². The molecule has 0 saturated carbocycles. The lowest BCUT2D eigenvalue weighted by atomic mass is 10.4. The van der Waals surface area contributed by atoms with Crippen LogP contribution in [-0.4, -0.2) is 40.1 Å². The van der Waals surface area contributed by atoms with Gasteiger partial charge in [0.1, 0.15) is 5.82 Å². The molecule has 1 aromatic carbocycles. The number of aryl methyl sites for hydroxylation is 1. The maximum atomic E-state index is 5.89. The molecule has 0 unspecified atom stereocenters. The minimum Gasteiger partial charge on any atom is -0.356 e. The third kappa shape index (κ3) is 5.75. The zero-order valence-electron chi connectivity index (χ0n) is 14.0. The van der Waals surface area contributed by atoms with E-state index in [0.717, 1.165) is 54.3 Å². The van der Waals surface area contributed by atoms with Crippen molar-refractivity contribution in [2.24, 2.45) is 4.99 Å². The molecule has 25 heavy (non-hydrogen) atoms. The second-order valence-electron chi connectivity index (χ2n) is 5.44. The fourth-order valence-electron chi connectivity index (χ4n) is 2.59. The standard InChI is InChI=1S/C16H21ClN6S.HI/c1-18-16(19-8-10-24-13-6-4-12(17)5-7-13)20-11-15-22-21-14-3-2-9-23(14)15;/h4-7H,2-3,8-11H2,1H3,(H2,18,19,20);1H. The highest BCUT2D eigenvalue weighted by Gasteiger charge is 2.16. The summed E-state index contributed by atoms with van der Waals surface area (Å²) in [4.78, 5) is 5.46. The Morgan fingerprint density at radius 3 is 2.84 bits per heavy atom. The van der Waals surface area contributed by atoms with Gasteiger partial charge < -0.3 is 15.2 Å². The number of hydrogen-bond donors (Lipinski definition) is 2. The first-order chi connectivity index (χ1) is 11.8. The number of nitrogens with one attached hydrogen (secondary N) is 2. The third-order valence-electron chi connectivity index (χ3n) is 3.80. The molecule has 0 bridgehead atoms. The van der Waals surface area contributed by atoms with Gasteiger partial charge in [-0.2, -0.15) is 0 Å². The quantitative estimate of drug-likeness (QED) is 0.213. The van der Waals surface area contributed by atoms with E-state index in [0.29, 0.717) is 6.54 Å². The first kappa shape index (κ1) is 20.3. The molecule has 0 aliphatic carbocycles. The van der Waals surface area contributed by atoms with Gasteiger partial charge in [-0.1, -0.05) is 11.6 Å². The molecule has 0 fully saturated rings. The average molecular weight is 493 g/mol. The van der Waals surface area contributed by atoms with E-state index in [1.165, 1.54) is 4.90 Å². The third-order valence-corrected chi connectivity index (χ3v) is 5.07. The predicted molar refractivity (Wildman–Crippen MR) is 114 cm³/mol. The van der Waals surface area contributed by atoms with Gasteiger partial charge in [0.15, 0.2) is 11.8 Å². The van der Waals surface area contributed by atoms with Gasteiger partial charge in [-0.25, -0.2) is 0 Å². The van der Waals surface area contributed by atoms with Crippen LogP contribution in [0.1, 0.15) is 18.1 Å². The number of rotatable bonds is 6. The first-order valence-corrected chi connectivity index (χ1v) is 9.36. The minimum absolute atomic E-state index is 0. The van der Waals surface area contributed by atoms with E-state index in [9.17, 15) is 0 Å². The number of guanidine groups is 1. The van der Waals surface area contributed by atoms with Crippen LogP contribution in [0.4, 0.5) is 0 Å². The van der Waals surface area contributed by atoms with Gasteiger partial charge >= 0.3 is 0 Å². The topological polar surface area (TPSA) is 67.1 Å². The molecule has 0 saturated heterocycles. The van der Waals surface area contributed by atoms with Gasteiger partial charge in [-0.3, -0.25) is 4.99 Å². The molecule has 6 nitrogen and oxygen atoms in total. The molecule has 0 radical (unpaired) electrons. The lowest BCUT2D eigenvalue weighted by Crippen LogP contribution is -2.38. The molecule has 1 aliphatic heterocycles.